The summed E-state index contributed by atoms with van der Waals surface area (Å²) in [6.45, 7) is 3.81. The Kier molecular flexibility index (Phi) is 4.30. The SMILES string of the molecule is CC(C)OCC(=O)Nc1[nH]ncc1-c1ccccc1. The van der Waals surface area contributed by atoms with Crippen LogP contribution >= 0.6 is 0 Å². The Labute approximate surface area is 112 Å². The van der Waals surface area contributed by atoms with Gasteiger partial charge in [0, 0.05) is 5.56 Å². The second-order valence-electron chi connectivity index (χ2n) is 4.43. The van der Waals surface area contributed by atoms with E-state index < -0.39 is 0 Å². The molecule has 19 heavy (non-hydrogen) atoms. The van der Waals surface area contributed by atoms with E-state index in [-0.39, 0.29) is 18.6 Å². The van der Waals surface area contributed by atoms with Gasteiger partial charge in [-0.3, -0.25) is 9.89 Å². The molecule has 1 aromatic carbocycles. The number of anilines is 1. The topological polar surface area (TPSA) is 67.0 Å². The third kappa shape index (κ3) is 3.66. The second-order valence-corrected chi connectivity index (χ2v) is 4.43. The largest absolute Gasteiger partial charge is 0.369 e. The lowest BCUT2D eigenvalue weighted by Crippen LogP contribution is -2.21. The monoisotopic (exact) mass is 259 g/mol. The number of carbonyl (C=O) groups excluding carboxylic acids is 1. The average molecular weight is 259 g/mol. The molecule has 1 heterocycles. The summed E-state index contributed by atoms with van der Waals surface area (Å²) in [5.74, 6) is 0.388. The van der Waals surface area contributed by atoms with Gasteiger partial charge in [-0.15, -0.1) is 0 Å². The Morgan fingerprint density at radius 2 is 2.11 bits per heavy atom. The van der Waals surface area contributed by atoms with Crippen molar-refractivity contribution in [3.63, 3.8) is 0 Å². The molecule has 2 N–H and O–H groups in total. The summed E-state index contributed by atoms with van der Waals surface area (Å²) in [6, 6.07) is 9.75. The van der Waals surface area contributed by atoms with Gasteiger partial charge in [-0.25, -0.2) is 0 Å². The highest BCUT2D eigenvalue weighted by Crippen LogP contribution is 2.25. The third-order valence-electron chi connectivity index (χ3n) is 2.54. The van der Waals surface area contributed by atoms with Gasteiger partial charge in [0.15, 0.2) is 0 Å². The summed E-state index contributed by atoms with van der Waals surface area (Å²) in [6.07, 6.45) is 1.72. The maximum atomic E-state index is 11.7. The summed E-state index contributed by atoms with van der Waals surface area (Å²) < 4.78 is 5.25. The van der Waals surface area contributed by atoms with Gasteiger partial charge >= 0.3 is 0 Å². The lowest BCUT2D eigenvalue weighted by molar-refractivity contribution is -0.121. The molecule has 0 fully saturated rings. The molecule has 1 aromatic heterocycles. The predicted octanol–water partition coefficient (Wildman–Crippen LogP) is 2.44. The third-order valence-corrected chi connectivity index (χ3v) is 2.54. The van der Waals surface area contributed by atoms with Gasteiger partial charge in [0.1, 0.15) is 12.4 Å². The number of hydrogen-bond donors (Lipinski definition) is 2. The van der Waals surface area contributed by atoms with Gasteiger partial charge in [-0.05, 0) is 19.4 Å². The summed E-state index contributed by atoms with van der Waals surface area (Å²) in [5, 5.41) is 9.51. The minimum Gasteiger partial charge on any atom is -0.369 e. The van der Waals surface area contributed by atoms with Gasteiger partial charge < -0.3 is 10.1 Å². The molecule has 0 spiro atoms. The van der Waals surface area contributed by atoms with Crippen LogP contribution in [0.4, 0.5) is 5.82 Å². The number of benzene rings is 1. The van der Waals surface area contributed by atoms with Crippen molar-refractivity contribution in [1.82, 2.24) is 10.2 Å². The first-order chi connectivity index (χ1) is 9.16. The number of amides is 1. The molecule has 100 valence electrons. The minimum atomic E-state index is -0.199. The molecule has 2 aromatic rings. The van der Waals surface area contributed by atoms with Gasteiger partial charge in [-0.2, -0.15) is 5.10 Å². The molecule has 2 rings (SSSR count). The zero-order valence-corrected chi connectivity index (χ0v) is 11.0. The summed E-state index contributed by atoms with van der Waals surface area (Å²) in [4.78, 5) is 11.7. The van der Waals surface area contributed by atoms with Crippen LogP contribution in [-0.2, 0) is 9.53 Å². The Morgan fingerprint density at radius 1 is 1.37 bits per heavy atom. The van der Waals surface area contributed by atoms with E-state index in [0.717, 1.165) is 11.1 Å². The van der Waals surface area contributed by atoms with E-state index in [2.05, 4.69) is 15.5 Å². The molecule has 0 aliphatic rings. The van der Waals surface area contributed by atoms with Crippen LogP contribution in [0.25, 0.3) is 11.1 Å². The number of nitrogens with one attached hydrogen (secondary N) is 2. The van der Waals surface area contributed by atoms with Crippen LogP contribution in [-0.4, -0.2) is 28.8 Å². The van der Waals surface area contributed by atoms with E-state index in [1.54, 1.807) is 6.20 Å². The molecule has 0 aliphatic heterocycles. The van der Waals surface area contributed by atoms with Gasteiger partial charge in [0.25, 0.3) is 5.91 Å². The van der Waals surface area contributed by atoms with E-state index in [1.165, 1.54) is 0 Å². The minimum absolute atomic E-state index is 0.0288. The van der Waals surface area contributed by atoms with Gasteiger partial charge in [0.2, 0.25) is 0 Å². The number of nitrogens with zero attached hydrogens (tertiary/aromatic N) is 1. The van der Waals surface area contributed by atoms with E-state index in [9.17, 15) is 4.79 Å². The molecule has 0 bridgehead atoms. The smallest absolute Gasteiger partial charge is 0.251 e. The second kappa shape index (κ2) is 6.15. The number of H-pyrrole nitrogens is 1. The average Bonchev–Trinajstić information content (AvgIpc) is 2.85. The van der Waals surface area contributed by atoms with Gasteiger partial charge in [0.05, 0.1) is 12.3 Å². The number of aromatic nitrogens is 2. The number of carbonyl (C=O) groups is 1. The first-order valence-corrected chi connectivity index (χ1v) is 6.17. The lowest BCUT2D eigenvalue weighted by Gasteiger charge is -2.08. The van der Waals surface area contributed by atoms with Crippen molar-refractivity contribution in [2.45, 2.75) is 20.0 Å². The highest BCUT2D eigenvalue weighted by atomic mass is 16.5. The highest BCUT2D eigenvalue weighted by molar-refractivity contribution is 5.94. The zero-order valence-electron chi connectivity index (χ0n) is 11.0. The molecule has 0 saturated carbocycles. The first kappa shape index (κ1) is 13.3. The predicted molar refractivity (Wildman–Crippen MR) is 73.7 cm³/mol. The molecule has 0 saturated heterocycles. The van der Waals surface area contributed by atoms with Crippen LogP contribution in [0, 0.1) is 0 Å². The number of ether oxygens (including phenoxy) is 1. The van der Waals surface area contributed by atoms with Crippen molar-refractivity contribution < 1.29 is 9.53 Å². The molecule has 0 atom stereocenters. The summed E-state index contributed by atoms with van der Waals surface area (Å²) in [7, 11) is 0. The molecule has 0 radical (unpaired) electrons. The van der Waals surface area contributed by atoms with Crippen LogP contribution in [0.1, 0.15) is 13.8 Å². The number of rotatable bonds is 5. The fourth-order valence-electron chi connectivity index (χ4n) is 1.64. The zero-order chi connectivity index (χ0) is 13.7. The molecule has 5 nitrogen and oxygen atoms in total. The molecule has 0 aliphatic carbocycles. The van der Waals surface area contributed by atoms with Crippen LogP contribution in [0.3, 0.4) is 0 Å². The van der Waals surface area contributed by atoms with Crippen molar-refractivity contribution in [2.75, 3.05) is 11.9 Å². The van der Waals surface area contributed by atoms with E-state index in [0.29, 0.717) is 5.82 Å². The molecule has 0 unspecified atom stereocenters. The normalized spacial score (nSPS) is 10.7. The molecule has 5 heteroatoms. The quantitative estimate of drug-likeness (QED) is 0.866. The number of hydrogen-bond acceptors (Lipinski definition) is 3. The summed E-state index contributed by atoms with van der Waals surface area (Å²) in [5.41, 5.74) is 1.86. The van der Waals surface area contributed by atoms with Crippen LogP contribution in [0.2, 0.25) is 0 Å². The fraction of sp³-hybridized carbons (Fsp3) is 0.286. The maximum absolute atomic E-state index is 11.7. The van der Waals surface area contributed by atoms with Crippen molar-refractivity contribution >= 4 is 11.7 Å². The van der Waals surface area contributed by atoms with Crippen molar-refractivity contribution in [3.8, 4) is 11.1 Å². The lowest BCUT2D eigenvalue weighted by atomic mass is 10.1. The van der Waals surface area contributed by atoms with Crippen molar-refractivity contribution in [3.05, 3.63) is 36.5 Å². The standard InChI is InChI=1S/C14H17N3O2/c1-10(2)19-9-13(18)16-14-12(8-15-17-14)11-6-4-3-5-7-11/h3-8,10H,9H2,1-2H3,(H2,15,16,17,18). The Balaban J connectivity index is 2.06. The van der Waals surface area contributed by atoms with Gasteiger partial charge in [-0.1, -0.05) is 30.3 Å². The Morgan fingerprint density at radius 3 is 2.79 bits per heavy atom. The fourth-order valence-corrected chi connectivity index (χ4v) is 1.64. The van der Waals surface area contributed by atoms with Crippen LogP contribution < -0.4 is 5.32 Å². The molecular weight excluding hydrogens is 242 g/mol. The number of aromatic amines is 1. The van der Waals surface area contributed by atoms with Crippen LogP contribution in [0.5, 0.6) is 0 Å². The van der Waals surface area contributed by atoms with Crippen molar-refractivity contribution in [2.24, 2.45) is 0 Å². The molecular formula is C14H17N3O2. The van der Waals surface area contributed by atoms with Crippen molar-refractivity contribution in [1.29, 1.82) is 0 Å². The maximum Gasteiger partial charge on any atom is 0.251 e. The first-order valence-electron chi connectivity index (χ1n) is 6.17. The highest BCUT2D eigenvalue weighted by Gasteiger charge is 2.11. The van der Waals surface area contributed by atoms with E-state index in [4.69, 9.17) is 4.74 Å². The van der Waals surface area contributed by atoms with E-state index >= 15 is 0 Å². The van der Waals surface area contributed by atoms with Crippen LogP contribution in [0.15, 0.2) is 36.5 Å². The molecule has 1 amide bonds. The summed E-state index contributed by atoms with van der Waals surface area (Å²) >= 11 is 0. The van der Waals surface area contributed by atoms with E-state index in [1.807, 2.05) is 44.2 Å². The Bertz CT molecular complexity index is 535. The Hall–Kier alpha value is -2.14.